The molecule has 2 fully saturated rings. The fourth-order valence-corrected chi connectivity index (χ4v) is 2.65. The molecule has 0 aromatic heterocycles. The molecule has 0 bridgehead atoms. The van der Waals surface area contributed by atoms with Gasteiger partial charge in [0.15, 0.2) is 5.11 Å². The van der Waals surface area contributed by atoms with Crippen molar-refractivity contribution in [3.05, 3.63) is 23.5 Å². The summed E-state index contributed by atoms with van der Waals surface area (Å²) in [6, 6.07) is 0. The van der Waals surface area contributed by atoms with Gasteiger partial charge in [-0.3, -0.25) is 9.69 Å². The van der Waals surface area contributed by atoms with Crippen molar-refractivity contribution < 1.29 is 4.79 Å². The summed E-state index contributed by atoms with van der Waals surface area (Å²) >= 11 is 5.25. The van der Waals surface area contributed by atoms with E-state index in [1.807, 2.05) is 24.0 Å². The van der Waals surface area contributed by atoms with Crippen LogP contribution in [0.1, 0.15) is 19.8 Å². The maximum Gasteiger partial charge on any atom is 0.276 e. The third-order valence-corrected chi connectivity index (χ3v) is 3.99. The van der Waals surface area contributed by atoms with Crippen molar-refractivity contribution in [2.75, 3.05) is 27.2 Å². The van der Waals surface area contributed by atoms with Crippen LogP contribution in [0, 0.1) is 0 Å². The highest BCUT2D eigenvalue weighted by Gasteiger charge is 2.33. The van der Waals surface area contributed by atoms with Crippen LogP contribution < -0.4 is 0 Å². The Bertz CT molecular complexity index is 442. The number of carbonyl (C=O) groups excluding carboxylic acids is 1. The van der Waals surface area contributed by atoms with E-state index in [0.29, 0.717) is 10.8 Å². The molecule has 0 unspecified atom stereocenters. The van der Waals surface area contributed by atoms with E-state index in [0.717, 1.165) is 19.5 Å². The molecule has 2 heterocycles. The number of likely N-dealkylation sites (N-methyl/N-ethyl adjacent to an activating group) is 2. The lowest BCUT2D eigenvalue weighted by Gasteiger charge is -2.15. The lowest BCUT2D eigenvalue weighted by molar-refractivity contribution is -0.121. The van der Waals surface area contributed by atoms with Crippen LogP contribution in [0.3, 0.4) is 0 Å². The molecular weight excluding hydrogens is 246 g/mol. The second kappa shape index (κ2) is 5.10. The highest BCUT2D eigenvalue weighted by molar-refractivity contribution is 7.80. The monoisotopic (exact) mass is 265 g/mol. The minimum absolute atomic E-state index is 0.0145. The number of rotatable bonds is 2. The van der Waals surface area contributed by atoms with E-state index in [9.17, 15) is 4.79 Å². The number of thiocarbonyl (C=S) groups is 1. The fourth-order valence-electron chi connectivity index (χ4n) is 2.34. The number of hydrogen-bond donors (Lipinski definition) is 0. The molecule has 5 heteroatoms. The van der Waals surface area contributed by atoms with Crippen molar-refractivity contribution in [3.63, 3.8) is 0 Å². The standard InChI is InChI=1S/C13H19N3OS/c1-4-16-11(12(17)15(3)13(16)18)8-7-10-6-5-9-14(10)2/h7-8H,4-6,9H2,1-3H3/b10-7+,11-8+. The summed E-state index contributed by atoms with van der Waals surface area (Å²) in [5.74, 6) is -0.0145. The average Bonchev–Trinajstić information content (AvgIpc) is 2.85. The van der Waals surface area contributed by atoms with E-state index < -0.39 is 0 Å². The topological polar surface area (TPSA) is 26.8 Å². The molecule has 2 saturated heterocycles. The highest BCUT2D eigenvalue weighted by atomic mass is 32.1. The molecule has 2 aliphatic heterocycles. The predicted molar refractivity (Wildman–Crippen MR) is 75.8 cm³/mol. The van der Waals surface area contributed by atoms with Gasteiger partial charge in [0.2, 0.25) is 0 Å². The smallest absolute Gasteiger partial charge is 0.276 e. The quantitative estimate of drug-likeness (QED) is 0.559. The second-order valence-corrected chi connectivity index (χ2v) is 4.99. The summed E-state index contributed by atoms with van der Waals surface area (Å²) in [6.45, 7) is 3.82. The first-order valence-electron chi connectivity index (χ1n) is 6.27. The number of amides is 1. The molecule has 98 valence electrons. The van der Waals surface area contributed by atoms with E-state index >= 15 is 0 Å². The Labute approximate surface area is 114 Å². The molecule has 0 aliphatic carbocycles. The Kier molecular flexibility index (Phi) is 3.71. The minimum atomic E-state index is -0.0145. The van der Waals surface area contributed by atoms with Gasteiger partial charge in [0.25, 0.3) is 5.91 Å². The number of allylic oxidation sites excluding steroid dienone is 3. The molecule has 2 rings (SSSR count). The third-order valence-electron chi connectivity index (χ3n) is 3.50. The summed E-state index contributed by atoms with van der Waals surface area (Å²) in [4.78, 5) is 17.7. The molecule has 0 saturated carbocycles. The van der Waals surface area contributed by atoms with E-state index in [4.69, 9.17) is 12.2 Å². The molecule has 1 amide bonds. The van der Waals surface area contributed by atoms with Crippen molar-refractivity contribution in [1.29, 1.82) is 0 Å². The third kappa shape index (κ3) is 2.14. The van der Waals surface area contributed by atoms with Crippen LogP contribution in [0.4, 0.5) is 0 Å². The van der Waals surface area contributed by atoms with E-state index in [2.05, 4.69) is 11.9 Å². The van der Waals surface area contributed by atoms with Crippen LogP contribution in [-0.2, 0) is 4.79 Å². The number of likely N-dealkylation sites (tertiary alicyclic amines) is 1. The van der Waals surface area contributed by atoms with Crippen LogP contribution in [0.15, 0.2) is 23.5 Å². The Balaban J connectivity index is 2.26. The molecule has 18 heavy (non-hydrogen) atoms. The minimum Gasteiger partial charge on any atom is -0.378 e. The first-order chi connectivity index (χ1) is 8.56. The predicted octanol–water partition coefficient (Wildman–Crippen LogP) is 1.56. The zero-order valence-corrected chi connectivity index (χ0v) is 12.0. The van der Waals surface area contributed by atoms with E-state index in [1.54, 1.807) is 7.05 Å². The molecule has 0 aromatic rings. The van der Waals surface area contributed by atoms with Crippen LogP contribution >= 0.6 is 12.2 Å². The summed E-state index contributed by atoms with van der Waals surface area (Å²) in [5.41, 5.74) is 1.96. The van der Waals surface area contributed by atoms with Gasteiger partial charge in [0, 0.05) is 32.9 Å². The van der Waals surface area contributed by atoms with Crippen LogP contribution in [0.5, 0.6) is 0 Å². The van der Waals surface area contributed by atoms with E-state index in [1.165, 1.54) is 17.0 Å². The van der Waals surface area contributed by atoms with Crippen molar-refractivity contribution in [1.82, 2.24) is 14.7 Å². The van der Waals surface area contributed by atoms with Crippen molar-refractivity contribution in [2.24, 2.45) is 0 Å². The van der Waals surface area contributed by atoms with Gasteiger partial charge >= 0.3 is 0 Å². The lowest BCUT2D eigenvalue weighted by atomic mass is 10.2. The molecule has 0 N–H and O–H groups in total. The van der Waals surface area contributed by atoms with Crippen LogP contribution in [0.25, 0.3) is 0 Å². The second-order valence-electron chi connectivity index (χ2n) is 4.63. The van der Waals surface area contributed by atoms with Crippen molar-refractivity contribution in [3.8, 4) is 0 Å². The number of hydrogen-bond acceptors (Lipinski definition) is 3. The first kappa shape index (κ1) is 13.1. The lowest BCUT2D eigenvalue weighted by Crippen LogP contribution is -2.29. The molecule has 2 aliphatic rings. The molecule has 4 nitrogen and oxygen atoms in total. The van der Waals surface area contributed by atoms with Gasteiger partial charge in [-0.25, -0.2) is 0 Å². The highest BCUT2D eigenvalue weighted by Crippen LogP contribution is 2.22. The van der Waals surface area contributed by atoms with Gasteiger partial charge < -0.3 is 9.80 Å². The van der Waals surface area contributed by atoms with Gasteiger partial charge in [0.05, 0.1) is 0 Å². The van der Waals surface area contributed by atoms with Crippen LogP contribution in [0.2, 0.25) is 0 Å². The largest absolute Gasteiger partial charge is 0.378 e. The molecule has 0 radical (unpaired) electrons. The number of nitrogens with zero attached hydrogens (tertiary/aromatic N) is 3. The molecular formula is C13H19N3OS. The summed E-state index contributed by atoms with van der Waals surface area (Å²) in [5, 5.41) is 0.590. The summed E-state index contributed by atoms with van der Waals surface area (Å²) in [7, 11) is 3.81. The van der Waals surface area contributed by atoms with Crippen molar-refractivity contribution in [2.45, 2.75) is 19.8 Å². The number of carbonyl (C=O) groups is 1. The maximum atomic E-state index is 12.1. The van der Waals surface area contributed by atoms with Gasteiger partial charge in [0.1, 0.15) is 5.70 Å². The van der Waals surface area contributed by atoms with Crippen LogP contribution in [-0.4, -0.2) is 52.9 Å². The van der Waals surface area contributed by atoms with Gasteiger partial charge in [-0.15, -0.1) is 0 Å². The van der Waals surface area contributed by atoms with Gasteiger partial charge in [-0.1, -0.05) is 0 Å². The summed E-state index contributed by atoms with van der Waals surface area (Å²) in [6.07, 6.45) is 6.22. The Hall–Kier alpha value is -1.36. The Morgan fingerprint density at radius 3 is 2.61 bits per heavy atom. The molecule has 0 aromatic carbocycles. The normalized spacial score (nSPS) is 25.2. The first-order valence-corrected chi connectivity index (χ1v) is 6.68. The van der Waals surface area contributed by atoms with Gasteiger partial charge in [-0.05, 0) is 44.1 Å². The summed E-state index contributed by atoms with van der Waals surface area (Å²) < 4.78 is 0. The SMILES string of the molecule is CCN1C(=S)N(C)C(=O)/C1=C\C=C1/CCCN1C. The van der Waals surface area contributed by atoms with Gasteiger partial charge in [-0.2, -0.15) is 0 Å². The van der Waals surface area contributed by atoms with Crippen molar-refractivity contribution >= 4 is 23.2 Å². The molecule has 0 spiro atoms. The fraction of sp³-hybridized carbons (Fsp3) is 0.538. The Morgan fingerprint density at radius 1 is 1.33 bits per heavy atom. The maximum absolute atomic E-state index is 12.1. The zero-order valence-electron chi connectivity index (χ0n) is 11.1. The average molecular weight is 265 g/mol. The molecule has 0 atom stereocenters. The zero-order chi connectivity index (χ0) is 13.3. The van der Waals surface area contributed by atoms with E-state index in [-0.39, 0.29) is 5.91 Å². The Morgan fingerprint density at radius 2 is 2.06 bits per heavy atom.